The molecule has 0 radical (unpaired) electrons. The molecular weight excluding hydrogens is 518 g/mol. The van der Waals surface area contributed by atoms with E-state index in [9.17, 15) is 39.0 Å². The van der Waals surface area contributed by atoms with Crippen LogP contribution in [-0.4, -0.2) is 87.6 Å². The van der Waals surface area contributed by atoms with Gasteiger partial charge in [-0.2, -0.15) is 0 Å². The molecule has 0 aliphatic carbocycles. The summed E-state index contributed by atoms with van der Waals surface area (Å²) in [6, 6.07) is 2.45. The van der Waals surface area contributed by atoms with Gasteiger partial charge in [-0.15, -0.1) is 0 Å². The SMILES string of the molecule is NC(N)=NCCCC(NC(=O)C(CC(=O)O)NC(=O)C(N)CC(=O)O)C(=O)NC(Cc1ccccc1)C(=O)O. The maximum Gasteiger partial charge on any atom is 0.326 e. The Labute approximate surface area is 223 Å². The lowest BCUT2D eigenvalue weighted by Crippen LogP contribution is -2.57. The average molecular weight is 552 g/mol. The number of carboxylic acid groups (broad SMARTS) is 3. The second kappa shape index (κ2) is 16.2. The first-order chi connectivity index (χ1) is 18.3. The molecule has 0 spiro atoms. The Morgan fingerprint density at radius 1 is 0.769 bits per heavy atom. The summed E-state index contributed by atoms with van der Waals surface area (Å²) in [5.41, 5.74) is 16.7. The number of nitrogens with one attached hydrogen (secondary N) is 3. The van der Waals surface area contributed by atoms with Gasteiger partial charge in [0.1, 0.15) is 18.1 Å². The third kappa shape index (κ3) is 12.9. The summed E-state index contributed by atoms with van der Waals surface area (Å²) in [6.45, 7) is 0.0632. The Hall–Kier alpha value is -4.73. The highest BCUT2D eigenvalue weighted by Gasteiger charge is 2.31. The highest BCUT2D eigenvalue weighted by Crippen LogP contribution is 2.07. The van der Waals surface area contributed by atoms with E-state index in [0.29, 0.717) is 5.56 Å². The molecule has 0 saturated heterocycles. The molecule has 214 valence electrons. The van der Waals surface area contributed by atoms with Crippen LogP contribution < -0.4 is 33.2 Å². The van der Waals surface area contributed by atoms with Gasteiger partial charge in [-0.3, -0.25) is 29.0 Å². The van der Waals surface area contributed by atoms with Gasteiger partial charge in [0.2, 0.25) is 17.7 Å². The first-order valence-electron chi connectivity index (χ1n) is 11.7. The maximum atomic E-state index is 13.0. The van der Waals surface area contributed by atoms with Gasteiger partial charge in [-0.05, 0) is 18.4 Å². The highest BCUT2D eigenvalue weighted by atomic mass is 16.4. The Morgan fingerprint density at radius 3 is 1.85 bits per heavy atom. The number of hydrogen-bond acceptors (Lipinski definition) is 8. The second-order valence-corrected chi connectivity index (χ2v) is 8.46. The summed E-state index contributed by atoms with van der Waals surface area (Å²) >= 11 is 0. The number of carboxylic acids is 3. The highest BCUT2D eigenvalue weighted by molar-refractivity contribution is 5.96. The molecule has 16 nitrogen and oxygen atoms in total. The van der Waals surface area contributed by atoms with Crippen LogP contribution in [0, 0.1) is 0 Å². The van der Waals surface area contributed by atoms with Crippen LogP contribution in [0.25, 0.3) is 0 Å². The summed E-state index contributed by atoms with van der Waals surface area (Å²) in [7, 11) is 0. The molecule has 0 bridgehead atoms. The van der Waals surface area contributed by atoms with E-state index < -0.39 is 72.6 Å². The van der Waals surface area contributed by atoms with Gasteiger partial charge in [0, 0.05) is 13.0 Å². The van der Waals surface area contributed by atoms with Gasteiger partial charge in [0.15, 0.2) is 5.96 Å². The van der Waals surface area contributed by atoms with Gasteiger partial charge in [-0.1, -0.05) is 30.3 Å². The molecule has 1 rings (SSSR count). The zero-order chi connectivity index (χ0) is 29.5. The van der Waals surface area contributed by atoms with Gasteiger partial charge < -0.3 is 48.5 Å². The number of aliphatic imine (C=N–C) groups is 1. The molecule has 0 fully saturated rings. The average Bonchev–Trinajstić information content (AvgIpc) is 2.84. The summed E-state index contributed by atoms with van der Waals surface area (Å²) in [5.74, 6) is -7.49. The van der Waals surface area contributed by atoms with Crippen molar-refractivity contribution < 1.29 is 44.1 Å². The van der Waals surface area contributed by atoms with Crippen molar-refractivity contribution in [3.63, 3.8) is 0 Å². The Morgan fingerprint density at radius 2 is 1.31 bits per heavy atom. The van der Waals surface area contributed by atoms with Crippen LogP contribution in [0.3, 0.4) is 0 Å². The fourth-order valence-corrected chi connectivity index (χ4v) is 3.31. The van der Waals surface area contributed by atoms with Gasteiger partial charge in [-0.25, -0.2) is 4.79 Å². The number of guanidine groups is 1. The van der Waals surface area contributed by atoms with E-state index in [-0.39, 0.29) is 31.8 Å². The molecule has 16 heteroatoms. The van der Waals surface area contributed by atoms with E-state index in [1.54, 1.807) is 30.3 Å². The quantitative estimate of drug-likeness (QED) is 0.0535. The zero-order valence-corrected chi connectivity index (χ0v) is 20.9. The molecule has 0 aliphatic rings. The third-order valence-electron chi connectivity index (χ3n) is 5.22. The van der Waals surface area contributed by atoms with E-state index in [1.807, 2.05) is 0 Å². The lowest BCUT2D eigenvalue weighted by atomic mass is 10.0. The van der Waals surface area contributed by atoms with Gasteiger partial charge in [0.05, 0.1) is 18.9 Å². The summed E-state index contributed by atoms with van der Waals surface area (Å²) in [6.07, 6.45) is -1.67. The molecule has 1 aromatic carbocycles. The standard InChI is InChI=1S/C23H33N7O9/c24-13(10-17(31)32)19(35)29-15(11-18(33)34)21(37)28-14(7-4-8-27-23(25)26)20(36)30-16(22(38)39)9-12-5-2-1-3-6-12/h1-3,5-6,13-16H,4,7-11,24H2,(H,28,37)(H,29,35)(H,30,36)(H,31,32)(H,33,34)(H,38,39)(H4,25,26,27). The number of nitrogens with two attached hydrogens (primary N) is 3. The minimum Gasteiger partial charge on any atom is -0.481 e. The zero-order valence-electron chi connectivity index (χ0n) is 20.9. The van der Waals surface area contributed by atoms with Crippen molar-refractivity contribution in [2.45, 2.75) is 56.3 Å². The van der Waals surface area contributed by atoms with Crippen LogP contribution in [-0.2, 0) is 35.2 Å². The van der Waals surface area contributed by atoms with E-state index >= 15 is 0 Å². The number of benzene rings is 1. The van der Waals surface area contributed by atoms with Crippen LogP contribution in [0.2, 0.25) is 0 Å². The molecule has 0 aromatic heterocycles. The van der Waals surface area contributed by atoms with E-state index in [0.717, 1.165) is 0 Å². The number of amides is 3. The number of carbonyl (C=O) groups is 6. The Bertz CT molecular complexity index is 1060. The van der Waals surface area contributed by atoms with Gasteiger partial charge >= 0.3 is 17.9 Å². The molecular formula is C23H33N7O9. The van der Waals surface area contributed by atoms with Crippen LogP contribution in [0.4, 0.5) is 0 Å². The molecule has 0 heterocycles. The van der Waals surface area contributed by atoms with Crippen molar-refractivity contribution in [2.24, 2.45) is 22.2 Å². The van der Waals surface area contributed by atoms with Crippen LogP contribution in [0.15, 0.2) is 35.3 Å². The van der Waals surface area contributed by atoms with Crippen molar-refractivity contribution in [3.8, 4) is 0 Å². The lowest BCUT2D eigenvalue weighted by molar-refractivity contribution is -0.143. The fourth-order valence-electron chi connectivity index (χ4n) is 3.31. The number of rotatable bonds is 17. The van der Waals surface area contributed by atoms with Crippen molar-refractivity contribution in [1.29, 1.82) is 0 Å². The number of aliphatic carboxylic acids is 3. The normalized spacial score (nSPS) is 13.6. The second-order valence-electron chi connectivity index (χ2n) is 8.46. The van der Waals surface area contributed by atoms with Crippen LogP contribution in [0.5, 0.6) is 0 Å². The molecule has 12 N–H and O–H groups in total. The predicted molar refractivity (Wildman–Crippen MR) is 136 cm³/mol. The molecule has 0 aliphatic heterocycles. The molecule has 3 amide bonds. The minimum absolute atomic E-state index is 0.0598. The van der Waals surface area contributed by atoms with Crippen molar-refractivity contribution in [3.05, 3.63) is 35.9 Å². The number of carbonyl (C=O) groups excluding carboxylic acids is 3. The van der Waals surface area contributed by atoms with Gasteiger partial charge in [0.25, 0.3) is 0 Å². The first-order valence-corrected chi connectivity index (χ1v) is 11.7. The number of nitrogens with zero attached hydrogens (tertiary/aromatic N) is 1. The Balaban J connectivity index is 3.08. The van der Waals surface area contributed by atoms with Crippen LogP contribution >= 0.6 is 0 Å². The number of hydrogen-bond donors (Lipinski definition) is 9. The molecule has 4 atom stereocenters. The third-order valence-corrected chi connectivity index (χ3v) is 5.22. The lowest BCUT2D eigenvalue weighted by Gasteiger charge is -2.24. The molecule has 1 aromatic rings. The topological polar surface area (TPSA) is 290 Å². The fraction of sp³-hybridized carbons (Fsp3) is 0.435. The summed E-state index contributed by atoms with van der Waals surface area (Å²) in [5, 5.41) is 34.3. The predicted octanol–water partition coefficient (Wildman–Crippen LogP) is -2.90. The first kappa shape index (κ1) is 32.3. The molecule has 4 unspecified atom stereocenters. The molecule has 39 heavy (non-hydrogen) atoms. The van der Waals surface area contributed by atoms with E-state index in [4.69, 9.17) is 22.3 Å². The van der Waals surface area contributed by atoms with Crippen LogP contribution in [0.1, 0.15) is 31.2 Å². The van der Waals surface area contributed by atoms with E-state index in [2.05, 4.69) is 20.9 Å². The molecule has 0 saturated carbocycles. The monoisotopic (exact) mass is 551 g/mol. The summed E-state index contributed by atoms with van der Waals surface area (Å²) in [4.78, 5) is 75.8. The minimum atomic E-state index is -1.72. The smallest absolute Gasteiger partial charge is 0.326 e. The van der Waals surface area contributed by atoms with Crippen molar-refractivity contribution >= 4 is 41.6 Å². The van der Waals surface area contributed by atoms with Crippen molar-refractivity contribution in [2.75, 3.05) is 6.54 Å². The summed E-state index contributed by atoms with van der Waals surface area (Å²) < 4.78 is 0. The Kier molecular flexibility index (Phi) is 13.4. The van der Waals surface area contributed by atoms with E-state index in [1.165, 1.54) is 0 Å². The van der Waals surface area contributed by atoms with Crippen molar-refractivity contribution in [1.82, 2.24) is 16.0 Å². The maximum absolute atomic E-state index is 13.0. The largest absolute Gasteiger partial charge is 0.481 e.